The molecule has 0 saturated carbocycles. The third-order valence-corrected chi connectivity index (χ3v) is 3.92. The summed E-state index contributed by atoms with van der Waals surface area (Å²) < 4.78 is 0. The zero-order valence-corrected chi connectivity index (χ0v) is 15.7. The normalized spacial score (nSPS) is 13.6. The summed E-state index contributed by atoms with van der Waals surface area (Å²) in [5, 5.41) is 0. The second-order valence-electron chi connectivity index (χ2n) is 9.72. The second kappa shape index (κ2) is 7.07. The molecule has 0 rings (SSSR count). The molecule has 0 aromatic carbocycles. The SMILES string of the molecule is CC(C)(C)CCC(CC(=O)C(C)(C)C)CC(=O)C(C)(C)C. The van der Waals surface area contributed by atoms with Gasteiger partial charge in [0.2, 0.25) is 0 Å². The average molecular weight is 296 g/mol. The van der Waals surface area contributed by atoms with Crippen molar-refractivity contribution in [2.24, 2.45) is 22.2 Å². The predicted molar refractivity (Wildman–Crippen MR) is 90.3 cm³/mol. The Kier molecular flexibility index (Phi) is 6.84. The summed E-state index contributed by atoms with van der Waals surface area (Å²) in [6.45, 7) is 18.4. The lowest BCUT2D eigenvalue weighted by atomic mass is 9.77. The van der Waals surface area contributed by atoms with E-state index in [1.54, 1.807) is 0 Å². The van der Waals surface area contributed by atoms with Crippen LogP contribution in [0.3, 0.4) is 0 Å². The van der Waals surface area contributed by atoms with E-state index in [2.05, 4.69) is 20.8 Å². The summed E-state index contributed by atoms with van der Waals surface area (Å²) in [6, 6.07) is 0. The molecule has 0 spiro atoms. The highest BCUT2D eigenvalue weighted by Crippen LogP contribution is 2.31. The van der Waals surface area contributed by atoms with Crippen molar-refractivity contribution in [1.82, 2.24) is 0 Å². The summed E-state index contributed by atoms with van der Waals surface area (Å²) in [4.78, 5) is 24.6. The van der Waals surface area contributed by atoms with Crippen molar-refractivity contribution in [1.29, 1.82) is 0 Å². The molecule has 2 nitrogen and oxygen atoms in total. The van der Waals surface area contributed by atoms with Gasteiger partial charge in [-0.1, -0.05) is 62.3 Å². The second-order valence-corrected chi connectivity index (χ2v) is 9.72. The van der Waals surface area contributed by atoms with Crippen LogP contribution in [0.5, 0.6) is 0 Å². The highest BCUT2D eigenvalue weighted by Gasteiger charge is 2.29. The molecule has 0 saturated heterocycles. The van der Waals surface area contributed by atoms with Crippen LogP contribution < -0.4 is 0 Å². The number of Topliss-reactive ketones (excluding diaryl/α,β-unsaturated/α-hetero) is 2. The Bertz CT molecular complexity index is 330. The lowest BCUT2D eigenvalue weighted by Crippen LogP contribution is -2.28. The number of carbonyl (C=O) groups is 2. The van der Waals surface area contributed by atoms with E-state index in [-0.39, 0.29) is 33.7 Å². The van der Waals surface area contributed by atoms with Gasteiger partial charge in [-0.15, -0.1) is 0 Å². The van der Waals surface area contributed by atoms with Gasteiger partial charge in [0, 0.05) is 23.7 Å². The molecule has 0 atom stereocenters. The zero-order valence-electron chi connectivity index (χ0n) is 15.7. The average Bonchev–Trinajstić information content (AvgIpc) is 2.21. The fourth-order valence-electron chi connectivity index (χ4n) is 2.05. The molecule has 0 fully saturated rings. The number of ketones is 2. The molecule has 124 valence electrons. The molecule has 0 aliphatic carbocycles. The highest BCUT2D eigenvalue weighted by molar-refractivity contribution is 5.86. The number of hydrogen-bond acceptors (Lipinski definition) is 2. The van der Waals surface area contributed by atoms with Gasteiger partial charge in [0.15, 0.2) is 0 Å². The minimum Gasteiger partial charge on any atom is -0.299 e. The van der Waals surface area contributed by atoms with Crippen molar-refractivity contribution in [2.45, 2.75) is 88.0 Å². The van der Waals surface area contributed by atoms with Crippen LogP contribution >= 0.6 is 0 Å². The molecule has 0 aromatic heterocycles. The van der Waals surface area contributed by atoms with Crippen molar-refractivity contribution in [3.63, 3.8) is 0 Å². The predicted octanol–water partition coefficient (Wildman–Crippen LogP) is 5.44. The van der Waals surface area contributed by atoms with E-state index >= 15 is 0 Å². The molecular formula is C19H36O2. The van der Waals surface area contributed by atoms with Gasteiger partial charge in [-0.05, 0) is 24.2 Å². The van der Waals surface area contributed by atoms with Crippen LogP contribution in [0.1, 0.15) is 88.0 Å². The third kappa shape index (κ3) is 9.06. The Morgan fingerprint density at radius 1 is 0.714 bits per heavy atom. The van der Waals surface area contributed by atoms with Crippen LogP contribution in [0.25, 0.3) is 0 Å². The largest absolute Gasteiger partial charge is 0.299 e. The molecule has 0 bridgehead atoms. The molecule has 0 radical (unpaired) electrons. The van der Waals surface area contributed by atoms with Gasteiger partial charge >= 0.3 is 0 Å². The molecule has 0 N–H and O–H groups in total. The van der Waals surface area contributed by atoms with E-state index in [0.29, 0.717) is 12.8 Å². The molecular weight excluding hydrogens is 260 g/mol. The third-order valence-electron chi connectivity index (χ3n) is 3.92. The Hall–Kier alpha value is -0.660. The molecule has 0 unspecified atom stereocenters. The quantitative estimate of drug-likeness (QED) is 0.654. The number of rotatable bonds is 6. The van der Waals surface area contributed by atoms with Crippen LogP contribution in [-0.4, -0.2) is 11.6 Å². The Labute approximate surface area is 132 Å². The lowest BCUT2D eigenvalue weighted by Gasteiger charge is -2.27. The Morgan fingerprint density at radius 3 is 1.29 bits per heavy atom. The molecule has 0 heterocycles. The molecule has 0 aliphatic rings. The summed E-state index contributed by atoms with van der Waals surface area (Å²) in [5.74, 6) is 0.717. The van der Waals surface area contributed by atoms with Crippen LogP contribution in [-0.2, 0) is 9.59 Å². The molecule has 21 heavy (non-hydrogen) atoms. The monoisotopic (exact) mass is 296 g/mol. The summed E-state index contributed by atoms with van der Waals surface area (Å²) >= 11 is 0. The first-order valence-corrected chi connectivity index (χ1v) is 8.19. The maximum atomic E-state index is 12.3. The summed E-state index contributed by atoms with van der Waals surface area (Å²) in [7, 11) is 0. The van der Waals surface area contributed by atoms with Gasteiger partial charge in [-0.2, -0.15) is 0 Å². The van der Waals surface area contributed by atoms with Gasteiger partial charge in [-0.25, -0.2) is 0 Å². The first kappa shape index (κ1) is 20.3. The minimum absolute atomic E-state index is 0.183. The van der Waals surface area contributed by atoms with Gasteiger partial charge in [0.05, 0.1) is 0 Å². The standard InChI is InChI=1S/C19H36O2/c1-17(2,3)11-10-14(12-15(20)18(4,5)6)13-16(21)19(7,8)9/h14H,10-13H2,1-9H3. The fraction of sp³-hybridized carbons (Fsp3) is 0.895. The van der Waals surface area contributed by atoms with E-state index in [1.807, 2.05) is 41.5 Å². The van der Waals surface area contributed by atoms with Crippen molar-refractivity contribution in [3.05, 3.63) is 0 Å². The van der Waals surface area contributed by atoms with E-state index in [4.69, 9.17) is 0 Å². The van der Waals surface area contributed by atoms with Gasteiger partial charge < -0.3 is 0 Å². The Balaban J connectivity index is 4.86. The summed E-state index contributed by atoms with van der Waals surface area (Å²) in [6.07, 6.45) is 3.06. The van der Waals surface area contributed by atoms with Crippen LogP contribution in [0.2, 0.25) is 0 Å². The van der Waals surface area contributed by atoms with E-state index in [1.165, 1.54) is 0 Å². The summed E-state index contributed by atoms with van der Waals surface area (Å²) in [5.41, 5.74) is -0.386. The highest BCUT2D eigenvalue weighted by atomic mass is 16.1. The van der Waals surface area contributed by atoms with E-state index in [9.17, 15) is 9.59 Å². The van der Waals surface area contributed by atoms with Crippen molar-refractivity contribution in [3.8, 4) is 0 Å². The number of hydrogen-bond donors (Lipinski definition) is 0. The first-order valence-electron chi connectivity index (χ1n) is 8.19. The number of carbonyl (C=O) groups excluding carboxylic acids is 2. The first-order chi connectivity index (χ1) is 9.13. The van der Waals surface area contributed by atoms with Crippen LogP contribution in [0.4, 0.5) is 0 Å². The Morgan fingerprint density at radius 2 is 1.05 bits per heavy atom. The van der Waals surface area contributed by atoms with E-state index < -0.39 is 0 Å². The lowest BCUT2D eigenvalue weighted by molar-refractivity contribution is -0.129. The zero-order chi connectivity index (χ0) is 17.1. The smallest absolute Gasteiger partial charge is 0.138 e. The van der Waals surface area contributed by atoms with Crippen LogP contribution in [0.15, 0.2) is 0 Å². The molecule has 2 heteroatoms. The van der Waals surface area contributed by atoms with Crippen molar-refractivity contribution < 1.29 is 9.59 Å². The maximum Gasteiger partial charge on any atom is 0.138 e. The maximum absolute atomic E-state index is 12.3. The minimum atomic E-state index is -0.315. The molecule has 0 aromatic rings. The molecule has 0 aliphatic heterocycles. The fourth-order valence-corrected chi connectivity index (χ4v) is 2.05. The molecule has 0 amide bonds. The van der Waals surface area contributed by atoms with E-state index in [0.717, 1.165) is 12.8 Å². The van der Waals surface area contributed by atoms with Gasteiger partial charge in [-0.3, -0.25) is 9.59 Å². The van der Waals surface area contributed by atoms with Crippen LogP contribution in [0, 0.1) is 22.2 Å². The van der Waals surface area contributed by atoms with Crippen molar-refractivity contribution in [2.75, 3.05) is 0 Å². The van der Waals surface area contributed by atoms with Gasteiger partial charge in [0.25, 0.3) is 0 Å². The van der Waals surface area contributed by atoms with Crippen molar-refractivity contribution >= 4 is 11.6 Å². The topological polar surface area (TPSA) is 34.1 Å². The van der Waals surface area contributed by atoms with Gasteiger partial charge in [0.1, 0.15) is 11.6 Å².